The topological polar surface area (TPSA) is 23.6 Å². The predicted octanol–water partition coefficient (Wildman–Crippen LogP) is 3.30. The number of hydrogen-bond acceptors (Lipinski definition) is 2. The summed E-state index contributed by atoms with van der Waals surface area (Å²) in [6.45, 7) is 3.99. The smallest absolute Gasteiger partial charge is 0.255 e. The molecule has 0 radical (unpaired) electrons. The third-order valence-corrected chi connectivity index (χ3v) is 4.82. The van der Waals surface area contributed by atoms with Crippen LogP contribution in [0.2, 0.25) is 10.0 Å². The van der Waals surface area contributed by atoms with Gasteiger partial charge >= 0.3 is 0 Å². The van der Waals surface area contributed by atoms with E-state index in [-0.39, 0.29) is 5.91 Å². The van der Waals surface area contributed by atoms with Crippen molar-refractivity contribution in [2.24, 2.45) is 0 Å². The van der Waals surface area contributed by atoms with Crippen LogP contribution in [0.1, 0.15) is 29.6 Å². The Labute approximate surface area is 129 Å². The van der Waals surface area contributed by atoms with Crippen molar-refractivity contribution in [3.63, 3.8) is 0 Å². The van der Waals surface area contributed by atoms with Crippen molar-refractivity contribution in [2.45, 2.75) is 25.3 Å². The molecule has 1 amide bonds. The SMILES string of the molecule is O=C(c1ccc(Cl)cc1Cl)N1CCC(N2CCCC2)C1. The molecule has 2 fully saturated rings. The molecule has 2 aliphatic rings. The Morgan fingerprint density at radius 3 is 2.60 bits per heavy atom. The monoisotopic (exact) mass is 312 g/mol. The molecule has 108 valence electrons. The Hall–Kier alpha value is -0.770. The van der Waals surface area contributed by atoms with Crippen molar-refractivity contribution in [1.82, 2.24) is 9.80 Å². The first kappa shape index (κ1) is 14.2. The molecule has 0 aromatic heterocycles. The maximum absolute atomic E-state index is 12.5. The van der Waals surface area contributed by atoms with Crippen LogP contribution >= 0.6 is 23.2 Å². The van der Waals surface area contributed by atoms with Gasteiger partial charge in [-0.1, -0.05) is 23.2 Å². The van der Waals surface area contributed by atoms with E-state index in [1.165, 1.54) is 25.9 Å². The van der Waals surface area contributed by atoms with Crippen LogP contribution in [0, 0.1) is 0 Å². The van der Waals surface area contributed by atoms with E-state index in [1.807, 2.05) is 4.90 Å². The van der Waals surface area contributed by atoms with Crippen LogP contribution in [0.5, 0.6) is 0 Å². The lowest BCUT2D eigenvalue weighted by Gasteiger charge is -2.23. The summed E-state index contributed by atoms with van der Waals surface area (Å²) in [6.07, 6.45) is 3.64. The molecule has 2 aliphatic heterocycles. The molecule has 0 saturated carbocycles. The number of hydrogen-bond donors (Lipinski definition) is 0. The van der Waals surface area contributed by atoms with E-state index in [1.54, 1.807) is 18.2 Å². The minimum absolute atomic E-state index is 0.0216. The quantitative estimate of drug-likeness (QED) is 0.836. The Bertz CT molecular complexity index is 515. The summed E-state index contributed by atoms with van der Waals surface area (Å²) in [6, 6.07) is 5.59. The van der Waals surface area contributed by atoms with E-state index in [9.17, 15) is 4.79 Å². The molecule has 0 bridgehead atoms. The first-order valence-electron chi connectivity index (χ1n) is 7.13. The van der Waals surface area contributed by atoms with Gasteiger partial charge in [-0.3, -0.25) is 9.69 Å². The molecule has 0 aliphatic carbocycles. The zero-order valence-electron chi connectivity index (χ0n) is 11.3. The van der Waals surface area contributed by atoms with Crippen molar-refractivity contribution < 1.29 is 4.79 Å². The number of carbonyl (C=O) groups excluding carboxylic acids is 1. The molecule has 2 heterocycles. The molecule has 3 nitrogen and oxygen atoms in total. The van der Waals surface area contributed by atoms with E-state index >= 15 is 0 Å². The van der Waals surface area contributed by atoms with Gasteiger partial charge in [-0.15, -0.1) is 0 Å². The normalized spacial score (nSPS) is 23.5. The fourth-order valence-corrected chi connectivity index (χ4v) is 3.65. The molecule has 2 saturated heterocycles. The second kappa shape index (κ2) is 5.92. The second-order valence-electron chi connectivity index (χ2n) is 5.56. The number of likely N-dealkylation sites (tertiary alicyclic amines) is 2. The molecule has 1 atom stereocenters. The number of nitrogens with zero attached hydrogens (tertiary/aromatic N) is 2. The average molecular weight is 313 g/mol. The third kappa shape index (κ3) is 2.80. The predicted molar refractivity (Wildman–Crippen MR) is 81.6 cm³/mol. The fraction of sp³-hybridized carbons (Fsp3) is 0.533. The standard InChI is InChI=1S/C15H18Cl2N2O/c16-11-3-4-13(14(17)9-11)15(20)19-8-5-12(10-19)18-6-1-2-7-18/h3-4,9,12H,1-2,5-8,10H2. The van der Waals surface area contributed by atoms with Gasteiger partial charge in [0.2, 0.25) is 0 Å². The van der Waals surface area contributed by atoms with Crippen LogP contribution in [0.25, 0.3) is 0 Å². The molecule has 1 aromatic carbocycles. The van der Waals surface area contributed by atoms with E-state index in [0.29, 0.717) is 21.7 Å². The van der Waals surface area contributed by atoms with Crippen LogP contribution in [-0.4, -0.2) is 47.9 Å². The van der Waals surface area contributed by atoms with Gasteiger partial charge < -0.3 is 4.90 Å². The molecule has 0 spiro atoms. The van der Waals surface area contributed by atoms with Gasteiger partial charge in [-0.2, -0.15) is 0 Å². The van der Waals surface area contributed by atoms with Gasteiger partial charge in [0.1, 0.15) is 0 Å². The Morgan fingerprint density at radius 2 is 1.90 bits per heavy atom. The molecule has 1 aromatic rings. The van der Waals surface area contributed by atoms with Gasteiger partial charge in [0.05, 0.1) is 10.6 Å². The minimum atomic E-state index is 0.0216. The molecule has 3 rings (SSSR count). The first-order valence-corrected chi connectivity index (χ1v) is 7.89. The van der Waals surface area contributed by atoms with Crippen LogP contribution < -0.4 is 0 Å². The van der Waals surface area contributed by atoms with Crippen molar-refractivity contribution in [3.8, 4) is 0 Å². The fourth-order valence-electron chi connectivity index (χ4n) is 3.16. The largest absolute Gasteiger partial charge is 0.337 e. The number of halogens is 2. The molecule has 20 heavy (non-hydrogen) atoms. The van der Waals surface area contributed by atoms with Gasteiger partial charge in [-0.25, -0.2) is 0 Å². The number of benzene rings is 1. The molecule has 0 N–H and O–H groups in total. The maximum atomic E-state index is 12.5. The zero-order valence-corrected chi connectivity index (χ0v) is 12.8. The molecule has 5 heteroatoms. The lowest BCUT2D eigenvalue weighted by molar-refractivity contribution is 0.0780. The van der Waals surface area contributed by atoms with Gasteiger partial charge in [-0.05, 0) is 50.6 Å². The summed E-state index contributed by atoms with van der Waals surface area (Å²) in [7, 11) is 0. The number of amides is 1. The highest BCUT2D eigenvalue weighted by Crippen LogP contribution is 2.26. The highest BCUT2D eigenvalue weighted by atomic mass is 35.5. The molecular weight excluding hydrogens is 295 g/mol. The zero-order chi connectivity index (χ0) is 14.1. The second-order valence-corrected chi connectivity index (χ2v) is 6.40. The summed E-state index contributed by atoms with van der Waals surface area (Å²) in [5.41, 5.74) is 0.554. The van der Waals surface area contributed by atoms with Crippen LogP contribution in [0.3, 0.4) is 0 Å². The Morgan fingerprint density at radius 1 is 1.15 bits per heavy atom. The lowest BCUT2D eigenvalue weighted by Crippen LogP contribution is -2.37. The van der Waals surface area contributed by atoms with Gasteiger partial charge in [0.15, 0.2) is 0 Å². The van der Waals surface area contributed by atoms with Crippen molar-refractivity contribution >= 4 is 29.1 Å². The number of rotatable bonds is 2. The van der Waals surface area contributed by atoms with Crippen molar-refractivity contribution in [1.29, 1.82) is 0 Å². The molecule has 1 unspecified atom stereocenters. The van der Waals surface area contributed by atoms with Crippen molar-refractivity contribution in [3.05, 3.63) is 33.8 Å². The average Bonchev–Trinajstić information content (AvgIpc) is 3.09. The highest BCUT2D eigenvalue weighted by molar-refractivity contribution is 6.36. The highest BCUT2D eigenvalue weighted by Gasteiger charge is 2.32. The van der Waals surface area contributed by atoms with Gasteiger partial charge in [0, 0.05) is 24.2 Å². The van der Waals surface area contributed by atoms with E-state index < -0.39 is 0 Å². The summed E-state index contributed by atoms with van der Waals surface area (Å²) in [5.74, 6) is 0.0216. The Kier molecular flexibility index (Phi) is 4.20. The summed E-state index contributed by atoms with van der Waals surface area (Å²) in [5, 5.41) is 0.995. The molecular formula is C15H18Cl2N2O. The van der Waals surface area contributed by atoms with Gasteiger partial charge in [0.25, 0.3) is 5.91 Å². The van der Waals surface area contributed by atoms with Crippen LogP contribution in [0.15, 0.2) is 18.2 Å². The van der Waals surface area contributed by atoms with Crippen LogP contribution in [0.4, 0.5) is 0 Å². The lowest BCUT2D eigenvalue weighted by atomic mass is 10.2. The van der Waals surface area contributed by atoms with Crippen molar-refractivity contribution in [2.75, 3.05) is 26.2 Å². The maximum Gasteiger partial charge on any atom is 0.255 e. The van der Waals surface area contributed by atoms with Crippen LogP contribution in [-0.2, 0) is 0 Å². The Balaban J connectivity index is 1.69. The summed E-state index contributed by atoms with van der Waals surface area (Å²) < 4.78 is 0. The van der Waals surface area contributed by atoms with E-state index in [2.05, 4.69) is 4.90 Å². The summed E-state index contributed by atoms with van der Waals surface area (Å²) in [4.78, 5) is 16.9. The first-order chi connectivity index (χ1) is 9.65. The van der Waals surface area contributed by atoms with E-state index in [0.717, 1.165) is 19.5 Å². The number of carbonyl (C=O) groups is 1. The minimum Gasteiger partial charge on any atom is -0.337 e. The summed E-state index contributed by atoms with van der Waals surface area (Å²) >= 11 is 12.0. The third-order valence-electron chi connectivity index (χ3n) is 4.27. The van der Waals surface area contributed by atoms with E-state index in [4.69, 9.17) is 23.2 Å².